The number of unbranched alkanes of at least 4 members (excludes halogenated alkanes) is 9. The van der Waals surface area contributed by atoms with Gasteiger partial charge in [-0.15, -0.1) is 0 Å². The Morgan fingerprint density at radius 3 is 2.12 bits per heavy atom. The fourth-order valence-corrected chi connectivity index (χ4v) is 4.28. The molecular formula is C26H47FN4O2. The molecule has 1 heterocycles. The molecule has 33 heavy (non-hydrogen) atoms. The van der Waals surface area contributed by atoms with Crippen molar-refractivity contribution in [1.82, 2.24) is 15.1 Å². The Bertz CT molecular complexity index is 573. The van der Waals surface area contributed by atoms with E-state index in [9.17, 15) is 14.0 Å². The van der Waals surface area contributed by atoms with Crippen LogP contribution in [0, 0.1) is 11.3 Å². The van der Waals surface area contributed by atoms with Gasteiger partial charge in [0.15, 0.2) is 0 Å². The molecule has 0 aliphatic carbocycles. The van der Waals surface area contributed by atoms with Crippen LogP contribution in [-0.2, 0) is 9.59 Å². The number of nitrogens with zero attached hydrogens (tertiary/aromatic N) is 3. The van der Waals surface area contributed by atoms with Crippen molar-refractivity contribution in [3.8, 4) is 6.07 Å². The molecule has 1 aliphatic heterocycles. The van der Waals surface area contributed by atoms with Crippen molar-refractivity contribution in [2.75, 3.05) is 32.7 Å². The Balaban J connectivity index is 1.96. The van der Waals surface area contributed by atoms with Gasteiger partial charge in [0.25, 0.3) is 0 Å². The number of amides is 2. The lowest BCUT2D eigenvalue weighted by atomic mass is 10.1. The summed E-state index contributed by atoms with van der Waals surface area (Å²) in [4.78, 5) is 28.0. The van der Waals surface area contributed by atoms with E-state index >= 15 is 0 Å². The van der Waals surface area contributed by atoms with E-state index in [2.05, 4.69) is 24.1 Å². The maximum absolute atomic E-state index is 13.4. The molecule has 7 heteroatoms. The Kier molecular flexibility index (Phi) is 16.6. The summed E-state index contributed by atoms with van der Waals surface area (Å²) in [6.45, 7) is 7.16. The molecule has 6 nitrogen and oxygen atoms in total. The molecule has 0 aromatic heterocycles. The van der Waals surface area contributed by atoms with Crippen LogP contribution in [0.4, 0.5) is 4.39 Å². The van der Waals surface area contributed by atoms with Gasteiger partial charge in [0, 0.05) is 25.9 Å². The van der Waals surface area contributed by atoms with E-state index in [1.54, 1.807) is 0 Å². The van der Waals surface area contributed by atoms with Crippen LogP contribution in [0.3, 0.4) is 0 Å². The minimum atomic E-state index is -1.08. The van der Waals surface area contributed by atoms with Crippen LogP contribution in [0.15, 0.2) is 0 Å². The molecule has 1 aliphatic rings. The maximum atomic E-state index is 13.4. The van der Waals surface area contributed by atoms with Crippen LogP contribution in [0.25, 0.3) is 0 Å². The Labute approximate surface area is 201 Å². The average Bonchev–Trinajstić information content (AvgIpc) is 3.20. The lowest BCUT2D eigenvalue weighted by Gasteiger charge is -2.22. The van der Waals surface area contributed by atoms with Crippen molar-refractivity contribution in [2.24, 2.45) is 0 Å². The highest BCUT2D eigenvalue weighted by Crippen LogP contribution is 2.19. The summed E-state index contributed by atoms with van der Waals surface area (Å²) in [5.41, 5.74) is 0. The van der Waals surface area contributed by atoms with E-state index in [0.29, 0.717) is 12.3 Å². The number of halogens is 1. The van der Waals surface area contributed by atoms with Crippen molar-refractivity contribution >= 4 is 11.8 Å². The number of nitriles is 1. The molecule has 0 aromatic rings. The predicted octanol–water partition coefficient (Wildman–Crippen LogP) is 4.98. The van der Waals surface area contributed by atoms with E-state index < -0.39 is 12.2 Å². The number of carbonyl (C=O) groups excluding carboxylic acids is 2. The second-order valence-corrected chi connectivity index (χ2v) is 9.37. The Morgan fingerprint density at radius 2 is 1.55 bits per heavy atom. The first kappa shape index (κ1) is 29.4. The van der Waals surface area contributed by atoms with Crippen LogP contribution in [0.2, 0.25) is 0 Å². The van der Waals surface area contributed by atoms with Crippen molar-refractivity contribution in [1.29, 1.82) is 5.26 Å². The Hall–Kier alpha value is -1.68. The van der Waals surface area contributed by atoms with E-state index in [1.807, 2.05) is 6.07 Å². The molecule has 1 rings (SSSR count). The number of hydrogen-bond acceptors (Lipinski definition) is 4. The summed E-state index contributed by atoms with van der Waals surface area (Å²) >= 11 is 0. The summed E-state index contributed by atoms with van der Waals surface area (Å²) in [6.07, 6.45) is 13.3. The van der Waals surface area contributed by atoms with Gasteiger partial charge < -0.3 is 15.1 Å². The van der Waals surface area contributed by atoms with Gasteiger partial charge in [-0.3, -0.25) is 9.59 Å². The zero-order valence-corrected chi connectivity index (χ0v) is 21.1. The first-order valence-electron chi connectivity index (χ1n) is 13.3. The molecule has 0 radical (unpaired) electrons. The third-order valence-electron chi connectivity index (χ3n) is 6.41. The second-order valence-electron chi connectivity index (χ2n) is 9.37. The standard InChI is InChI=1S/C26H47FN4O2/c1-3-5-17-30(18-6-4-2)25(32)15-13-11-9-7-8-10-12-14-16-29-21-26(33)31-22-23(27)19-24(31)20-28/h23-24,29H,3-19,21-22H2,1-2H3/t23?,24-/m0/s1. The summed E-state index contributed by atoms with van der Waals surface area (Å²) < 4.78 is 13.4. The molecule has 2 amide bonds. The van der Waals surface area contributed by atoms with E-state index in [4.69, 9.17) is 5.26 Å². The molecule has 1 N–H and O–H groups in total. The van der Waals surface area contributed by atoms with Gasteiger partial charge in [-0.1, -0.05) is 65.2 Å². The van der Waals surface area contributed by atoms with Crippen LogP contribution in [-0.4, -0.2) is 66.6 Å². The fraction of sp³-hybridized carbons (Fsp3) is 0.885. The highest BCUT2D eigenvalue weighted by atomic mass is 19.1. The molecule has 1 fully saturated rings. The summed E-state index contributed by atoms with van der Waals surface area (Å²) in [6, 6.07) is 1.39. The molecule has 0 spiro atoms. The Morgan fingerprint density at radius 1 is 0.970 bits per heavy atom. The zero-order chi connectivity index (χ0) is 24.3. The van der Waals surface area contributed by atoms with Crippen LogP contribution in [0.1, 0.15) is 104 Å². The van der Waals surface area contributed by atoms with Gasteiger partial charge in [-0.25, -0.2) is 4.39 Å². The van der Waals surface area contributed by atoms with E-state index in [0.717, 1.165) is 71.0 Å². The topological polar surface area (TPSA) is 76.4 Å². The monoisotopic (exact) mass is 466 g/mol. The lowest BCUT2D eigenvalue weighted by molar-refractivity contribution is -0.131. The zero-order valence-electron chi connectivity index (χ0n) is 21.1. The molecule has 0 aromatic carbocycles. The number of rotatable bonds is 19. The van der Waals surface area contributed by atoms with Crippen LogP contribution in [0.5, 0.6) is 0 Å². The number of carbonyl (C=O) groups is 2. The number of likely N-dealkylation sites (tertiary alicyclic amines) is 1. The number of hydrogen-bond donors (Lipinski definition) is 1. The molecule has 1 unspecified atom stereocenters. The van der Waals surface area contributed by atoms with E-state index in [-0.39, 0.29) is 25.4 Å². The highest BCUT2D eigenvalue weighted by Gasteiger charge is 2.34. The third-order valence-corrected chi connectivity index (χ3v) is 6.41. The maximum Gasteiger partial charge on any atom is 0.237 e. The van der Waals surface area contributed by atoms with Crippen molar-refractivity contribution in [2.45, 2.75) is 116 Å². The van der Waals surface area contributed by atoms with Crippen molar-refractivity contribution in [3.05, 3.63) is 0 Å². The van der Waals surface area contributed by atoms with Gasteiger partial charge >= 0.3 is 0 Å². The van der Waals surface area contributed by atoms with Gasteiger partial charge in [0.1, 0.15) is 12.2 Å². The van der Waals surface area contributed by atoms with E-state index in [1.165, 1.54) is 30.6 Å². The molecule has 190 valence electrons. The van der Waals surface area contributed by atoms with Crippen molar-refractivity contribution < 1.29 is 14.0 Å². The minimum absolute atomic E-state index is 0.0445. The summed E-state index contributed by atoms with van der Waals surface area (Å²) in [5, 5.41) is 12.1. The van der Waals surface area contributed by atoms with Gasteiger partial charge in [0.05, 0.1) is 19.2 Å². The first-order valence-corrected chi connectivity index (χ1v) is 13.3. The predicted molar refractivity (Wildman–Crippen MR) is 131 cm³/mol. The highest BCUT2D eigenvalue weighted by molar-refractivity contribution is 5.79. The van der Waals surface area contributed by atoms with Gasteiger partial charge in [-0.2, -0.15) is 5.26 Å². The summed E-state index contributed by atoms with van der Waals surface area (Å²) in [5.74, 6) is 0.152. The molecule has 1 saturated heterocycles. The minimum Gasteiger partial charge on any atom is -0.343 e. The lowest BCUT2D eigenvalue weighted by Crippen LogP contribution is -2.41. The average molecular weight is 467 g/mol. The SMILES string of the molecule is CCCCN(CCCC)C(=O)CCCCCCCCCCNCC(=O)N1CC(F)C[C@H]1C#N. The van der Waals surface area contributed by atoms with Gasteiger partial charge in [0.2, 0.25) is 11.8 Å². The quantitative estimate of drug-likeness (QED) is 0.272. The molecule has 0 bridgehead atoms. The summed E-state index contributed by atoms with van der Waals surface area (Å²) in [7, 11) is 0. The normalized spacial score (nSPS) is 17.8. The number of alkyl halides is 1. The van der Waals surface area contributed by atoms with Crippen molar-refractivity contribution in [3.63, 3.8) is 0 Å². The second kappa shape index (κ2) is 18.7. The van der Waals surface area contributed by atoms with Crippen LogP contribution < -0.4 is 5.32 Å². The fourth-order valence-electron chi connectivity index (χ4n) is 4.28. The molecular weight excluding hydrogens is 419 g/mol. The number of nitrogens with one attached hydrogen (secondary N) is 1. The third kappa shape index (κ3) is 13.0. The molecule has 0 saturated carbocycles. The van der Waals surface area contributed by atoms with Gasteiger partial charge in [-0.05, 0) is 32.2 Å². The molecule has 2 atom stereocenters. The smallest absolute Gasteiger partial charge is 0.237 e. The first-order chi connectivity index (χ1) is 16.0. The van der Waals surface area contributed by atoms with Crippen LogP contribution >= 0.6 is 0 Å². The largest absolute Gasteiger partial charge is 0.343 e.